The van der Waals surface area contributed by atoms with E-state index in [1.807, 2.05) is 13.2 Å². The molecule has 1 saturated heterocycles. The van der Waals surface area contributed by atoms with Gasteiger partial charge in [-0.2, -0.15) is 0 Å². The number of rotatable bonds is 5. The SMILES string of the molecule is C/C=C\C=C/C(C)CN1[C@H](C)C/C(=C/OC)C[C@@H]1C. The maximum absolute atomic E-state index is 5.16. The summed E-state index contributed by atoms with van der Waals surface area (Å²) in [4.78, 5) is 2.62. The van der Waals surface area contributed by atoms with E-state index in [1.54, 1.807) is 7.11 Å². The summed E-state index contributed by atoms with van der Waals surface area (Å²) in [7, 11) is 1.74. The number of ether oxygens (including phenoxy) is 1. The fraction of sp³-hybridized carbons (Fsp3) is 0.647. The Morgan fingerprint density at radius 1 is 1.26 bits per heavy atom. The lowest BCUT2D eigenvalue weighted by molar-refractivity contribution is 0.114. The van der Waals surface area contributed by atoms with Crippen molar-refractivity contribution in [2.45, 2.75) is 52.6 Å². The highest BCUT2D eigenvalue weighted by Gasteiger charge is 2.28. The van der Waals surface area contributed by atoms with E-state index in [9.17, 15) is 0 Å². The van der Waals surface area contributed by atoms with Gasteiger partial charge in [0.2, 0.25) is 0 Å². The second kappa shape index (κ2) is 8.21. The Kier molecular flexibility index (Phi) is 6.93. The lowest BCUT2D eigenvalue weighted by atomic mass is 9.92. The molecule has 0 amide bonds. The number of allylic oxidation sites excluding steroid dienone is 3. The van der Waals surface area contributed by atoms with Crippen LogP contribution in [0.3, 0.4) is 0 Å². The van der Waals surface area contributed by atoms with Crippen LogP contribution in [0.4, 0.5) is 0 Å². The quantitative estimate of drug-likeness (QED) is 0.545. The zero-order valence-electron chi connectivity index (χ0n) is 13.1. The molecule has 1 unspecified atom stereocenters. The Hall–Kier alpha value is -1.02. The van der Waals surface area contributed by atoms with Gasteiger partial charge < -0.3 is 4.74 Å². The van der Waals surface area contributed by atoms with Gasteiger partial charge in [0.05, 0.1) is 13.4 Å². The molecule has 1 aliphatic heterocycles. The Labute approximate surface area is 118 Å². The maximum atomic E-state index is 5.16. The van der Waals surface area contributed by atoms with Gasteiger partial charge in [-0.1, -0.05) is 31.2 Å². The standard InChI is InChI=1S/C17H29NO/c1-6-7-8-9-14(2)12-18-15(3)10-17(13-19-5)11-16(18)4/h6-9,13-16H,10-12H2,1-5H3/b7-6-,9-8-,17-13-/t14?,15-,16+/m1/s1. The predicted octanol–water partition coefficient (Wildman–Crippen LogP) is 4.16. The van der Waals surface area contributed by atoms with Crippen LogP contribution in [-0.2, 0) is 4.74 Å². The van der Waals surface area contributed by atoms with Crippen LogP contribution in [0.5, 0.6) is 0 Å². The molecular weight excluding hydrogens is 234 g/mol. The number of hydrogen-bond donors (Lipinski definition) is 0. The van der Waals surface area contributed by atoms with E-state index in [1.165, 1.54) is 5.57 Å². The van der Waals surface area contributed by atoms with Crippen molar-refractivity contribution in [1.29, 1.82) is 0 Å². The van der Waals surface area contributed by atoms with Gasteiger partial charge in [-0.25, -0.2) is 0 Å². The molecule has 0 aromatic rings. The van der Waals surface area contributed by atoms with Crippen LogP contribution in [0.15, 0.2) is 36.1 Å². The first-order valence-corrected chi connectivity index (χ1v) is 7.34. The first kappa shape index (κ1) is 16.0. The monoisotopic (exact) mass is 263 g/mol. The summed E-state index contributed by atoms with van der Waals surface area (Å²) in [5.41, 5.74) is 1.44. The molecule has 0 aromatic heterocycles. The molecule has 1 heterocycles. The minimum absolute atomic E-state index is 0.592. The van der Waals surface area contributed by atoms with Crippen LogP contribution in [0.2, 0.25) is 0 Å². The van der Waals surface area contributed by atoms with Crippen molar-refractivity contribution < 1.29 is 4.74 Å². The van der Waals surface area contributed by atoms with Crippen LogP contribution >= 0.6 is 0 Å². The molecule has 0 N–H and O–H groups in total. The molecule has 0 spiro atoms. The van der Waals surface area contributed by atoms with E-state index < -0.39 is 0 Å². The van der Waals surface area contributed by atoms with Gasteiger partial charge >= 0.3 is 0 Å². The molecule has 0 aromatic carbocycles. The van der Waals surface area contributed by atoms with E-state index in [0.717, 1.165) is 19.4 Å². The van der Waals surface area contributed by atoms with E-state index in [4.69, 9.17) is 4.74 Å². The van der Waals surface area contributed by atoms with Gasteiger partial charge in [-0.05, 0) is 45.1 Å². The predicted molar refractivity (Wildman–Crippen MR) is 83.1 cm³/mol. The van der Waals surface area contributed by atoms with Crippen LogP contribution in [-0.4, -0.2) is 30.6 Å². The molecule has 19 heavy (non-hydrogen) atoms. The fourth-order valence-electron chi connectivity index (χ4n) is 2.89. The molecular formula is C17H29NO. The average molecular weight is 263 g/mol. The molecule has 1 aliphatic rings. The first-order valence-electron chi connectivity index (χ1n) is 7.34. The van der Waals surface area contributed by atoms with Crippen LogP contribution < -0.4 is 0 Å². The minimum Gasteiger partial charge on any atom is -0.504 e. The zero-order chi connectivity index (χ0) is 14.3. The molecule has 3 atom stereocenters. The topological polar surface area (TPSA) is 12.5 Å². The fourth-order valence-corrected chi connectivity index (χ4v) is 2.89. The average Bonchev–Trinajstić information content (AvgIpc) is 2.34. The second-order valence-electron chi connectivity index (χ2n) is 5.70. The molecule has 0 radical (unpaired) electrons. The molecule has 1 fully saturated rings. The largest absolute Gasteiger partial charge is 0.504 e. The molecule has 0 bridgehead atoms. The van der Waals surface area contributed by atoms with Crippen molar-refractivity contribution >= 4 is 0 Å². The van der Waals surface area contributed by atoms with E-state index in [-0.39, 0.29) is 0 Å². The van der Waals surface area contributed by atoms with Crippen LogP contribution in [0, 0.1) is 5.92 Å². The highest BCUT2D eigenvalue weighted by Crippen LogP contribution is 2.28. The van der Waals surface area contributed by atoms with Gasteiger partial charge in [-0.3, -0.25) is 4.90 Å². The van der Waals surface area contributed by atoms with E-state index in [2.05, 4.69) is 50.0 Å². The van der Waals surface area contributed by atoms with Crippen molar-refractivity contribution in [2.24, 2.45) is 5.92 Å². The van der Waals surface area contributed by atoms with Gasteiger partial charge in [0.1, 0.15) is 0 Å². The Morgan fingerprint density at radius 2 is 1.89 bits per heavy atom. The number of piperidine rings is 1. The number of hydrogen-bond acceptors (Lipinski definition) is 2. The zero-order valence-corrected chi connectivity index (χ0v) is 13.1. The molecule has 1 rings (SSSR count). The normalized spacial score (nSPS) is 29.4. The van der Waals surface area contributed by atoms with Crippen LogP contribution in [0.25, 0.3) is 0 Å². The van der Waals surface area contributed by atoms with Crippen molar-refractivity contribution in [3.8, 4) is 0 Å². The van der Waals surface area contributed by atoms with Gasteiger partial charge in [0.25, 0.3) is 0 Å². The highest BCUT2D eigenvalue weighted by molar-refractivity contribution is 5.09. The lowest BCUT2D eigenvalue weighted by Crippen LogP contribution is -2.46. The summed E-state index contributed by atoms with van der Waals surface area (Å²) in [6.07, 6.45) is 12.8. The molecule has 108 valence electrons. The van der Waals surface area contributed by atoms with E-state index >= 15 is 0 Å². The summed E-state index contributed by atoms with van der Waals surface area (Å²) < 4.78 is 5.16. The third kappa shape index (κ3) is 5.23. The summed E-state index contributed by atoms with van der Waals surface area (Å²) in [5.74, 6) is 0.592. The van der Waals surface area contributed by atoms with Gasteiger partial charge in [0, 0.05) is 18.6 Å². The summed E-state index contributed by atoms with van der Waals surface area (Å²) in [6, 6.07) is 1.20. The Morgan fingerprint density at radius 3 is 2.42 bits per heavy atom. The number of likely N-dealkylation sites (tertiary alicyclic amines) is 1. The van der Waals surface area contributed by atoms with Gasteiger partial charge in [-0.15, -0.1) is 0 Å². The molecule has 0 aliphatic carbocycles. The summed E-state index contributed by atoms with van der Waals surface area (Å²) in [6.45, 7) is 10.1. The van der Waals surface area contributed by atoms with Crippen molar-refractivity contribution in [1.82, 2.24) is 4.90 Å². The third-order valence-electron chi connectivity index (χ3n) is 3.77. The van der Waals surface area contributed by atoms with Crippen molar-refractivity contribution in [3.05, 3.63) is 36.1 Å². The summed E-state index contributed by atoms with van der Waals surface area (Å²) in [5, 5.41) is 0. The summed E-state index contributed by atoms with van der Waals surface area (Å²) >= 11 is 0. The van der Waals surface area contributed by atoms with Crippen LogP contribution in [0.1, 0.15) is 40.5 Å². The Bertz CT molecular complexity index is 329. The second-order valence-corrected chi connectivity index (χ2v) is 5.70. The smallest absolute Gasteiger partial charge is 0.0817 e. The van der Waals surface area contributed by atoms with E-state index in [0.29, 0.717) is 18.0 Å². The minimum atomic E-state index is 0.592. The highest BCUT2D eigenvalue weighted by atomic mass is 16.5. The number of methoxy groups -OCH3 is 1. The van der Waals surface area contributed by atoms with Gasteiger partial charge in [0.15, 0.2) is 0 Å². The van der Waals surface area contributed by atoms with Crippen molar-refractivity contribution in [3.63, 3.8) is 0 Å². The maximum Gasteiger partial charge on any atom is 0.0817 e. The number of nitrogens with zero attached hydrogens (tertiary/aromatic N) is 1. The Balaban J connectivity index is 2.56. The van der Waals surface area contributed by atoms with Crippen molar-refractivity contribution in [2.75, 3.05) is 13.7 Å². The third-order valence-corrected chi connectivity index (χ3v) is 3.77. The lowest BCUT2D eigenvalue weighted by Gasteiger charge is -2.41. The first-order chi connectivity index (χ1) is 9.08. The molecule has 2 heteroatoms. The molecule has 2 nitrogen and oxygen atoms in total. The molecule has 0 saturated carbocycles.